The summed E-state index contributed by atoms with van der Waals surface area (Å²) >= 11 is 0. The molecule has 3 N–H and O–H groups in total. The Bertz CT molecular complexity index is 411. The minimum Gasteiger partial charge on any atom is -0.493 e. The first-order valence-corrected chi connectivity index (χ1v) is 4.82. The van der Waals surface area contributed by atoms with Gasteiger partial charge in [-0.05, 0) is 12.1 Å². The number of aromatic nitrogens is 2. The predicted molar refractivity (Wildman–Crippen MR) is 58.6 cm³/mol. The fourth-order valence-corrected chi connectivity index (χ4v) is 1.30. The van der Waals surface area contributed by atoms with Gasteiger partial charge in [0.15, 0.2) is 0 Å². The molecule has 78 valence electrons. The van der Waals surface area contributed by atoms with E-state index in [1.54, 1.807) is 0 Å². The number of ether oxygens (including phenoxy) is 1. The normalized spacial score (nSPS) is 10.1. The molecule has 4 heteroatoms. The van der Waals surface area contributed by atoms with Crippen molar-refractivity contribution < 1.29 is 4.74 Å². The van der Waals surface area contributed by atoms with E-state index < -0.39 is 0 Å². The summed E-state index contributed by atoms with van der Waals surface area (Å²) in [6.07, 6.45) is 0.777. The summed E-state index contributed by atoms with van der Waals surface area (Å²) < 4.78 is 5.53. The Kier molecular flexibility index (Phi) is 2.88. The van der Waals surface area contributed by atoms with E-state index in [1.165, 1.54) is 0 Å². The molecule has 1 aromatic carbocycles. The molecule has 2 aromatic rings. The molecule has 0 aliphatic rings. The quantitative estimate of drug-likeness (QED) is 0.793. The monoisotopic (exact) mass is 203 g/mol. The number of para-hydroxylation sites is 1. The number of anilines is 1. The second-order valence-corrected chi connectivity index (χ2v) is 3.23. The number of hydrogen-bond donors (Lipinski definition) is 2. The summed E-state index contributed by atoms with van der Waals surface area (Å²) in [6, 6.07) is 11.5. The highest BCUT2D eigenvalue weighted by molar-refractivity contribution is 5.28. The summed E-state index contributed by atoms with van der Waals surface area (Å²) in [5.41, 5.74) is 6.47. The van der Waals surface area contributed by atoms with Crippen LogP contribution in [-0.4, -0.2) is 16.8 Å². The van der Waals surface area contributed by atoms with Gasteiger partial charge in [-0.2, -0.15) is 5.10 Å². The molecule has 0 atom stereocenters. The number of nitrogens with two attached hydrogens (primary N) is 1. The minimum atomic E-state index is 0.518. The van der Waals surface area contributed by atoms with Crippen LogP contribution in [0.5, 0.6) is 5.75 Å². The Hall–Kier alpha value is -1.97. The maximum absolute atomic E-state index is 5.53. The van der Waals surface area contributed by atoms with E-state index in [0.717, 1.165) is 17.9 Å². The second kappa shape index (κ2) is 4.50. The summed E-state index contributed by atoms with van der Waals surface area (Å²) in [5, 5.41) is 6.68. The van der Waals surface area contributed by atoms with Gasteiger partial charge in [-0.1, -0.05) is 18.2 Å². The number of H-pyrrole nitrogens is 1. The van der Waals surface area contributed by atoms with Crippen LogP contribution in [0.3, 0.4) is 0 Å². The fraction of sp³-hybridized carbons (Fsp3) is 0.182. The molecule has 0 saturated heterocycles. The molecule has 0 spiro atoms. The Balaban J connectivity index is 1.80. The first kappa shape index (κ1) is 9.58. The van der Waals surface area contributed by atoms with E-state index in [9.17, 15) is 0 Å². The molecule has 4 nitrogen and oxygen atoms in total. The third kappa shape index (κ3) is 2.74. The lowest BCUT2D eigenvalue weighted by atomic mass is 10.3. The highest BCUT2D eigenvalue weighted by atomic mass is 16.5. The van der Waals surface area contributed by atoms with Crippen LogP contribution >= 0.6 is 0 Å². The van der Waals surface area contributed by atoms with E-state index in [2.05, 4.69) is 10.2 Å². The van der Waals surface area contributed by atoms with Gasteiger partial charge in [-0.15, -0.1) is 0 Å². The van der Waals surface area contributed by atoms with Crippen molar-refractivity contribution in [2.75, 3.05) is 12.3 Å². The summed E-state index contributed by atoms with van der Waals surface area (Å²) in [6.45, 7) is 0.617. The molecule has 0 fully saturated rings. The molecular weight excluding hydrogens is 190 g/mol. The van der Waals surface area contributed by atoms with Gasteiger partial charge in [0.25, 0.3) is 0 Å². The SMILES string of the molecule is Nc1cc(CCOc2ccccc2)[nH]n1. The number of aromatic amines is 1. The van der Waals surface area contributed by atoms with Crippen molar-refractivity contribution in [2.45, 2.75) is 6.42 Å². The van der Waals surface area contributed by atoms with Crippen LogP contribution in [0.1, 0.15) is 5.69 Å². The molecule has 15 heavy (non-hydrogen) atoms. The van der Waals surface area contributed by atoms with Crippen molar-refractivity contribution in [2.24, 2.45) is 0 Å². The van der Waals surface area contributed by atoms with Gasteiger partial charge in [-0.3, -0.25) is 5.10 Å². The molecule has 0 aliphatic carbocycles. The Labute approximate surface area is 88.1 Å². The number of benzene rings is 1. The molecule has 0 aliphatic heterocycles. The van der Waals surface area contributed by atoms with Crippen molar-refractivity contribution >= 4 is 5.82 Å². The van der Waals surface area contributed by atoms with Crippen LogP contribution in [-0.2, 0) is 6.42 Å². The zero-order chi connectivity index (χ0) is 10.5. The number of rotatable bonds is 4. The van der Waals surface area contributed by atoms with Crippen LogP contribution in [0.4, 0.5) is 5.82 Å². The van der Waals surface area contributed by atoms with E-state index in [-0.39, 0.29) is 0 Å². The largest absolute Gasteiger partial charge is 0.493 e. The summed E-state index contributed by atoms with van der Waals surface area (Å²) in [4.78, 5) is 0. The van der Waals surface area contributed by atoms with Gasteiger partial charge in [0.2, 0.25) is 0 Å². The molecule has 0 radical (unpaired) electrons. The zero-order valence-electron chi connectivity index (χ0n) is 8.31. The van der Waals surface area contributed by atoms with Crippen molar-refractivity contribution in [1.82, 2.24) is 10.2 Å². The third-order valence-corrected chi connectivity index (χ3v) is 2.03. The van der Waals surface area contributed by atoms with Crippen LogP contribution in [0.25, 0.3) is 0 Å². The third-order valence-electron chi connectivity index (χ3n) is 2.03. The number of nitrogens with one attached hydrogen (secondary N) is 1. The van der Waals surface area contributed by atoms with Crippen LogP contribution in [0.15, 0.2) is 36.4 Å². The number of nitrogens with zero attached hydrogens (tertiary/aromatic N) is 1. The first-order chi connectivity index (χ1) is 7.34. The molecule has 2 rings (SSSR count). The average Bonchev–Trinajstić information content (AvgIpc) is 2.66. The lowest BCUT2D eigenvalue weighted by Gasteiger charge is -2.03. The molecular formula is C11H13N3O. The molecule has 1 aromatic heterocycles. The topological polar surface area (TPSA) is 63.9 Å². The maximum Gasteiger partial charge on any atom is 0.145 e. The van der Waals surface area contributed by atoms with Crippen molar-refractivity contribution in [1.29, 1.82) is 0 Å². The predicted octanol–water partition coefficient (Wildman–Crippen LogP) is 1.61. The van der Waals surface area contributed by atoms with Crippen molar-refractivity contribution in [3.63, 3.8) is 0 Å². The maximum atomic E-state index is 5.53. The van der Waals surface area contributed by atoms with Gasteiger partial charge < -0.3 is 10.5 Å². The highest BCUT2D eigenvalue weighted by Gasteiger charge is 1.98. The van der Waals surface area contributed by atoms with Gasteiger partial charge in [0, 0.05) is 18.2 Å². The van der Waals surface area contributed by atoms with E-state index in [4.69, 9.17) is 10.5 Å². The van der Waals surface area contributed by atoms with Crippen molar-refractivity contribution in [3.05, 3.63) is 42.1 Å². The number of hydrogen-bond acceptors (Lipinski definition) is 3. The van der Waals surface area contributed by atoms with Crippen LogP contribution in [0, 0.1) is 0 Å². The summed E-state index contributed by atoms with van der Waals surface area (Å²) in [7, 11) is 0. The average molecular weight is 203 g/mol. The molecule has 0 unspecified atom stereocenters. The zero-order valence-corrected chi connectivity index (χ0v) is 8.31. The van der Waals surface area contributed by atoms with Gasteiger partial charge in [-0.25, -0.2) is 0 Å². The molecule has 0 saturated carbocycles. The van der Waals surface area contributed by atoms with Crippen LogP contribution in [0.2, 0.25) is 0 Å². The standard InChI is InChI=1S/C11H13N3O/c12-11-8-9(13-14-11)6-7-15-10-4-2-1-3-5-10/h1-5,8H,6-7H2,(H3,12,13,14). The van der Waals surface area contributed by atoms with Gasteiger partial charge in [0.05, 0.1) is 6.61 Å². The lowest BCUT2D eigenvalue weighted by Crippen LogP contribution is -2.01. The molecule has 0 amide bonds. The van der Waals surface area contributed by atoms with E-state index >= 15 is 0 Å². The smallest absolute Gasteiger partial charge is 0.145 e. The highest BCUT2D eigenvalue weighted by Crippen LogP contribution is 2.09. The number of nitrogen functional groups attached to an aromatic ring is 1. The first-order valence-electron chi connectivity index (χ1n) is 4.82. The molecule has 1 heterocycles. The van der Waals surface area contributed by atoms with Crippen LogP contribution < -0.4 is 10.5 Å². The summed E-state index contributed by atoms with van der Waals surface area (Å²) in [5.74, 6) is 1.40. The Morgan fingerprint density at radius 2 is 2.07 bits per heavy atom. The Morgan fingerprint density at radius 1 is 1.27 bits per heavy atom. The second-order valence-electron chi connectivity index (χ2n) is 3.23. The van der Waals surface area contributed by atoms with E-state index in [1.807, 2.05) is 36.4 Å². The van der Waals surface area contributed by atoms with Gasteiger partial charge >= 0.3 is 0 Å². The Morgan fingerprint density at radius 3 is 2.73 bits per heavy atom. The van der Waals surface area contributed by atoms with Gasteiger partial charge in [0.1, 0.15) is 11.6 Å². The lowest BCUT2D eigenvalue weighted by molar-refractivity contribution is 0.320. The van der Waals surface area contributed by atoms with Crippen molar-refractivity contribution in [3.8, 4) is 5.75 Å². The minimum absolute atomic E-state index is 0.518. The molecule has 0 bridgehead atoms. The van der Waals surface area contributed by atoms with E-state index in [0.29, 0.717) is 12.4 Å². The fourth-order valence-electron chi connectivity index (χ4n) is 1.30.